The predicted octanol–water partition coefficient (Wildman–Crippen LogP) is 1.12. The van der Waals surface area contributed by atoms with E-state index in [-0.39, 0.29) is 6.04 Å². The second kappa shape index (κ2) is 4.89. The van der Waals surface area contributed by atoms with Gasteiger partial charge in [0, 0.05) is 6.04 Å². The molecule has 5 heteroatoms. The van der Waals surface area contributed by atoms with E-state index >= 15 is 0 Å². The summed E-state index contributed by atoms with van der Waals surface area (Å²) in [6.07, 6.45) is 0. The van der Waals surface area contributed by atoms with Gasteiger partial charge in [-0.3, -0.25) is 9.69 Å². The summed E-state index contributed by atoms with van der Waals surface area (Å²) in [5.74, 6) is 0.470. The topological polar surface area (TPSA) is 62.9 Å². The van der Waals surface area contributed by atoms with E-state index in [9.17, 15) is 4.79 Å². The molecule has 0 aliphatic carbocycles. The van der Waals surface area contributed by atoms with Crippen molar-refractivity contribution < 1.29 is 19.1 Å². The van der Waals surface area contributed by atoms with Crippen LogP contribution in [-0.2, 0) is 16.1 Å². The first kappa shape index (κ1) is 12.1. The van der Waals surface area contributed by atoms with Gasteiger partial charge in [-0.25, -0.2) is 0 Å². The number of aliphatic carboxylic acids is 1. The van der Waals surface area contributed by atoms with Crippen molar-refractivity contribution >= 4 is 5.97 Å². The molecular formula is C12H17NO4. The zero-order valence-corrected chi connectivity index (χ0v) is 10.0. The molecule has 1 N–H and O–H groups in total. The van der Waals surface area contributed by atoms with E-state index in [1.54, 1.807) is 0 Å². The number of likely N-dealkylation sites (N-methyl/N-ethyl adjacent to an activating group) is 1. The monoisotopic (exact) mass is 239 g/mol. The molecule has 17 heavy (non-hydrogen) atoms. The van der Waals surface area contributed by atoms with E-state index in [1.807, 2.05) is 31.0 Å². The van der Waals surface area contributed by atoms with Crippen LogP contribution in [0, 0.1) is 12.8 Å². The van der Waals surface area contributed by atoms with Crippen LogP contribution in [0.2, 0.25) is 0 Å². The lowest BCUT2D eigenvalue weighted by Crippen LogP contribution is -2.40. The van der Waals surface area contributed by atoms with E-state index in [0.29, 0.717) is 19.8 Å². The van der Waals surface area contributed by atoms with Crippen molar-refractivity contribution in [2.45, 2.75) is 19.5 Å². The molecule has 0 radical (unpaired) electrons. The second-order valence-corrected chi connectivity index (χ2v) is 4.48. The Bertz CT molecular complexity index is 401. The molecule has 0 saturated carbocycles. The van der Waals surface area contributed by atoms with Crippen LogP contribution >= 0.6 is 0 Å². The van der Waals surface area contributed by atoms with Gasteiger partial charge in [0.05, 0.1) is 25.7 Å². The highest BCUT2D eigenvalue weighted by molar-refractivity contribution is 5.71. The van der Waals surface area contributed by atoms with Crippen LogP contribution in [0.5, 0.6) is 0 Å². The van der Waals surface area contributed by atoms with Crippen molar-refractivity contribution in [1.29, 1.82) is 0 Å². The predicted molar refractivity (Wildman–Crippen MR) is 60.6 cm³/mol. The molecule has 0 amide bonds. The molecule has 0 bridgehead atoms. The second-order valence-electron chi connectivity index (χ2n) is 4.48. The third-order valence-electron chi connectivity index (χ3n) is 3.14. The third kappa shape index (κ3) is 2.68. The van der Waals surface area contributed by atoms with E-state index in [2.05, 4.69) is 0 Å². The minimum absolute atomic E-state index is 0.0853. The first-order valence-electron chi connectivity index (χ1n) is 5.64. The maximum atomic E-state index is 11.0. The molecule has 0 aromatic carbocycles. The number of nitrogens with zero attached hydrogens (tertiary/aromatic N) is 1. The molecule has 2 rings (SSSR count). The van der Waals surface area contributed by atoms with Crippen molar-refractivity contribution in [2.24, 2.45) is 5.92 Å². The number of carbonyl (C=O) groups is 1. The summed E-state index contributed by atoms with van der Waals surface area (Å²) in [7, 11) is 1.90. The molecule has 2 heterocycles. The number of rotatable bonds is 4. The van der Waals surface area contributed by atoms with Crippen LogP contribution in [0.15, 0.2) is 16.5 Å². The lowest BCUT2D eigenvalue weighted by Gasteiger charge is -2.25. The van der Waals surface area contributed by atoms with Crippen LogP contribution < -0.4 is 0 Å². The highest BCUT2D eigenvalue weighted by atomic mass is 16.5. The number of aryl methyl sites for hydroxylation is 1. The van der Waals surface area contributed by atoms with Crippen molar-refractivity contribution in [3.05, 3.63) is 23.7 Å². The van der Waals surface area contributed by atoms with Gasteiger partial charge in [0.2, 0.25) is 0 Å². The van der Waals surface area contributed by atoms with Gasteiger partial charge in [-0.05, 0) is 26.1 Å². The summed E-state index contributed by atoms with van der Waals surface area (Å²) in [4.78, 5) is 13.0. The average Bonchev–Trinajstić information content (AvgIpc) is 2.86. The van der Waals surface area contributed by atoms with Gasteiger partial charge in [0.1, 0.15) is 11.5 Å². The highest BCUT2D eigenvalue weighted by Gasteiger charge is 2.36. The van der Waals surface area contributed by atoms with E-state index < -0.39 is 11.9 Å². The lowest BCUT2D eigenvalue weighted by molar-refractivity contribution is -0.143. The van der Waals surface area contributed by atoms with Crippen molar-refractivity contribution in [1.82, 2.24) is 4.90 Å². The zero-order valence-electron chi connectivity index (χ0n) is 10.0. The minimum Gasteiger partial charge on any atom is -0.481 e. The summed E-state index contributed by atoms with van der Waals surface area (Å²) in [6.45, 7) is 3.25. The minimum atomic E-state index is -0.796. The largest absolute Gasteiger partial charge is 0.481 e. The summed E-state index contributed by atoms with van der Waals surface area (Å²) in [5.41, 5.74) is 0. The normalized spacial score (nSPS) is 24.4. The fourth-order valence-corrected chi connectivity index (χ4v) is 2.15. The van der Waals surface area contributed by atoms with Crippen molar-refractivity contribution in [3.63, 3.8) is 0 Å². The molecule has 94 valence electrons. The van der Waals surface area contributed by atoms with Crippen molar-refractivity contribution in [3.8, 4) is 0 Å². The standard InChI is InChI=1S/C12H17NO4/c1-8-3-4-9(17-8)5-13(2)11-7-16-6-10(11)12(14)15/h3-4,10-11H,5-7H2,1-2H3,(H,14,15). The van der Waals surface area contributed by atoms with Gasteiger partial charge < -0.3 is 14.3 Å². The lowest BCUT2D eigenvalue weighted by atomic mass is 10.0. The Balaban J connectivity index is 1.99. The van der Waals surface area contributed by atoms with Gasteiger partial charge >= 0.3 is 5.97 Å². The van der Waals surface area contributed by atoms with E-state index in [0.717, 1.165) is 11.5 Å². The van der Waals surface area contributed by atoms with Crippen LogP contribution in [0.4, 0.5) is 0 Å². The SMILES string of the molecule is Cc1ccc(CN(C)C2COCC2C(=O)O)o1. The number of ether oxygens (including phenoxy) is 1. The molecular weight excluding hydrogens is 222 g/mol. The Hall–Kier alpha value is -1.33. The molecule has 1 aliphatic heterocycles. The number of hydrogen-bond acceptors (Lipinski definition) is 4. The smallest absolute Gasteiger partial charge is 0.310 e. The number of hydrogen-bond donors (Lipinski definition) is 1. The van der Waals surface area contributed by atoms with Gasteiger partial charge in [0.25, 0.3) is 0 Å². The van der Waals surface area contributed by atoms with Crippen LogP contribution in [0.3, 0.4) is 0 Å². The molecule has 1 aromatic rings. The molecule has 5 nitrogen and oxygen atoms in total. The summed E-state index contributed by atoms with van der Waals surface area (Å²) in [5, 5.41) is 9.07. The average molecular weight is 239 g/mol. The van der Waals surface area contributed by atoms with Gasteiger partial charge in [0.15, 0.2) is 0 Å². The van der Waals surface area contributed by atoms with Gasteiger partial charge in [-0.1, -0.05) is 0 Å². The number of furan rings is 1. The Morgan fingerprint density at radius 1 is 1.53 bits per heavy atom. The molecule has 1 aliphatic rings. The third-order valence-corrected chi connectivity index (χ3v) is 3.14. The summed E-state index contributed by atoms with van der Waals surface area (Å²) < 4.78 is 10.7. The van der Waals surface area contributed by atoms with Gasteiger partial charge in [-0.2, -0.15) is 0 Å². The molecule has 1 aromatic heterocycles. The fourth-order valence-electron chi connectivity index (χ4n) is 2.15. The Morgan fingerprint density at radius 3 is 2.88 bits per heavy atom. The molecule has 2 unspecified atom stereocenters. The van der Waals surface area contributed by atoms with Crippen molar-refractivity contribution in [2.75, 3.05) is 20.3 Å². The highest BCUT2D eigenvalue weighted by Crippen LogP contribution is 2.21. The summed E-state index contributed by atoms with van der Waals surface area (Å²) >= 11 is 0. The van der Waals surface area contributed by atoms with Gasteiger partial charge in [-0.15, -0.1) is 0 Å². The van der Waals surface area contributed by atoms with E-state index in [1.165, 1.54) is 0 Å². The summed E-state index contributed by atoms with van der Waals surface area (Å²) in [6, 6.07) is 3.73. The number of carboxylic acids is 1. The maximum Gasteiger partial charge on any atom is 0.310 e. The fraction of sp³-hybridized carbons (Fsp3) is 0.583. The maximum absolute atomic E-state index is 11.0. The number of carboxylic acid groups (broad SMARTS) is 1. The molecule has 1 fully saturated rings. The Morgan fingerprint density at radius 2 is 2.29 bits per heavy atom. The van der Waals surface area contributed by atoms with Crippen LogP contribution in [0.1, 0.15) is 11.5 Å². The molecule has 1 saturated heterocycles. The first-order chi connectivity index (χ1) is 8.08. The van der Waals surface area contributed by atoms with Crippen LogP contribution in [0.25, 0.3) is 0 Å². The van der Waals surface area contributed by atoms with Crippen LogP contribution in [-0.4, -0.2) is 42.3 Å². The quantitative estimate of drug-likeness (QED) is 0.853. The molecule has 0 spiro atoms. The Kier molecular flexibility index (Phi) is 3.49. The van der Waals surface area contributed by atoms with E-state index in [4.69, 9.17) is 14.3 Å². The molecule has 2 atom stereocenters. The Labute approximate surface area is 100.0 Å². The first-order valence-corrected chi connectivity index (χ1v) is 5.64. The zero-order chi connectivity index (χ0) is 12.4.